The number of hydrogen-bond donors (Lipinski definition) is 1. The number of carbonyl (C=O) groups excluding carboxylic acids is 1. The maximum Gasteiger partial charge on any atom is 0.330 e. The van der Waals surface area contributed by atoms with Gasteiger partial charge in [0.2, 0.25) is 0 Å². The van der Waals surface area contributed by atoms with Crippen LogP contribution in [-0.2, 0) is 14.3 Å². The van der Waals surface area contributed by atoms with Crippen LogP contribution in [0.2, 0.25) is 0 Å². The molecule has 1 saturated heterocycles. The Labute approximate surface area is 109 Å². The molecule has 104 valence electrons. The largest absolute Gasteiger partial charge is 0.463 e. The minimum absolute atomic E-state index is 0.144. The van der Waals surface area contributed by atoms with Crippen molar-refractivity contribution in [2.24, 2.45) is 0 Å². The number of nitrogens with zero attached hydrogens (tertiary/aromatic N) is 1. The van der Waals surface area contributed by atoms with E-state index in [2.05, 4.69) is 4.98 Å². The van der Waals surface area contributed by atoms with E-state index in [1.165, 1.54) is 19.2 Å². The van der Waals surface area contributed by atoms with Crippen LogP contribution in [0.3, 0.4) is 0 Å². The highest BCUT2D eigenvalue weighted by Gasteiger charge is 2.26. The van der Waals surface area contributed by atoms with Crippen molar-refractivity contribution in [1.82, 2.24) is 9.55 Å². The number of aromatic amines is 1. The van der Waals surface area contributed by atoms with Gasteiger partial charge in [-0.3, -0.25) is 9.59 Å². The van der Waals surface area contributed by atoms with E-state index in [0.29, 0.717) is 6.42 Å². The van der Waals surface area contributed by atoms with Crippen molar-refractivity contribution in [3.63, 3.8) is 0 Å². The third kappa shape index (κ3) is 3.31. The number of H-pyrrole nitrogens is 1. The Morgan fingerprint density at radius 3 is 3.00 bits per heavy atom. The normalized spacial score (nSPS) is 23.0. The van der Waals surface area contributed by atoms with Crippen molar-refractivity contribution in [2.75, 3.05) is 6.61 Å². The summed E-state index contributed by atoms with van der Waals surface area (Å²) in [5.74, 6) is -0.375. The van der Waals surface area contributed by atoms with Gasteiger partial charge in [-0.15, -0.1) is 0 Å². The van der Waals surface area contributed by atoms with E-state index in [1.807, 2.05) is 0 Å². The zero-order valence-electron chi connectivity index (χ0n) is 10.6. The Hall–Kier alpha value is -1.89. The molecule has 1 aliphatic heterocycles. The lowest BCUT2D eigenvalue weighted by Crippen LogP contribution is -2.41. The van der Waals surface area contributed by atoms with Gasteiger partial charge in [0.15, 0.2) is 0 Å². The van der Waals surface area contributed by atoms with E-state index in [1.54, 1.807) is 0 Å². The molecule has 0 radical (unpaired) electrons. The molecule has 7 heteroatoms. The minimum Gasteiger partial charge on any atom is -0.463 e. The number of ether oxygens (including phenoxy) is 2. The van der Waals surface area contributed by atoms with Crippen LogP contribution in [0.5, 0.6) is 0 Å². The third-order valence-corrected chi connectivity index (χ3v) is 2.98. The molecule has 1 fully saturated rings. The fourth-order valence-corrected chi connectivity index (χ4v) is 2.11. The van der Waals surface area contributed by atoms with Crippen LogP contribution in [0.25, 0.3) is 0 Å². The summed E-state index contributed by atoms with van der Waals surface area (Å²) in [6.45, 7) is 1.47. The molecule has 2 unspecified atom stereocenters. The molecule has 0 aliphatic carbocycles. The van der Waals surface area contributed by atoms with E-state index < -0.39 is 17.5 Å². The van der Waals surface area contributed by atoms with Gasteiger partial charge in [-0.1, -0.05) is 0 Å². The number of rotatable bonds is 3. The molecular weight excluding hydrogens is 252 g/mol. The second-order valence-corrected chi connectivity index (χ2v) is 4.44. The Bertz CT molecular complexity index is 533. The molecular formula is C12H16N2O5. The topological polar surface area (TPSA) is 90.4 Å². The predicted octanol–water partition coefficient (Wildman–Crippen LogP) is 0.167. The number of nitrogens with one attached hydrogen (secondary N) is 1. The van der Waals surface area contributed by atoms with E-state index in [0.717, 1.165) is 17.4 Å². The number of carbonyl (C=O) groups is 1. The summed E-state index contributed by atoms with van der Waals surface area (Å²) in [7, 11) is 0. The van der Waals surface area contributed by atoms with Crippen LogP contribution in [0.1, 0.15) is 32.4 Å². The van der Waals surface area contributed by atoms with E-state index in [9.17, 15) is 14.4 Å². The van der Waals surface area contributed by atoms with Gasteiger partial charge in [-0.25, -0.2) is 9.36 Å². The number of hydrogen-bond acceptors (Lipinski definition) is 5. The van der Waals surface area contributed by atoms with Gasteiger partial charge in [0, 0.05) is 19.2 Å². The lowest BCUT2D eigenvalue weighted by Gasteiger charge is -2.30. The Morgan fingerprint density at radius 1 is 1.53 bits per heavy atom. The first-order valence-corrected chi connectivity index (χ1v) is 6.17. The van der Waals surface area contributed by atoms with Crippen molar-refractivity contribution in [1.29, 1.82) is 0 Å². The molecule has 1 aromatic heterocycles. The van der Waals surface area contributed by atoms with Gasteiger partial charge < -0.3 is 14.5 Å². The van der Waals surface area contributed by atoms with Crippen molar-refractivity contribution in [2.45, 2.75) is 38.5 Å². The molecule has 7 nitrogen and oxygen atoms in total. The minimum atomic E-state index is -0.605. The summed E-state index contributed by atoms with van der Waals surface area (Å²) in [6.07, 6.45) is 2.55. The smallest absolute Gasteiger partial charge is 0.330 e. The van der Waals surface area contributed by atoms with Crippen molar-refractivity contribution < 1.29 is 14.3 Å². The molecule has 1 aromatic rings. The second-order valence-electron chi connectivity index (χ2n) is 4.44. The number of aromatic nitrogens is 2. The predicted molar refractivity (Wildman–Crippen MR) is 65.7 cm³/mol. The Balaban J connectivity index is 2.11. The summed E-state index contributed by atoms with van der Waals surface area (Å²) >= 11 is 0. The lowest BCUT2D eigenvalue weighted by molar-refractivity contribution is -0.154. The van der Waals surface area contributed by atoms with E-state index >= 15 is 0 Å². The molecule has 0 saturated carbocycles. The van der Waals surface area contributed by atoms with Crippen molar-refractivity contribution >= 4 is 5.97 Å². The standard InChI is InChI=1S/C12H16N2O5/c1-8(15)18-7-9-3-2-4-11(19-9)14-10(16)5-6-13-12(14)17/h5-6,9,11H,2-4,7H2,1H3,(H,13,17). The maximum atomic E-state index is 11.7. The van der Waals surface area contributed by atoms with E-state index in [4.69, 9.17) is 9.47 Å². The molecule has 0 spiro atoms. The third-order valence-electron chi connectivity index (χ3n) is 2.98. The van der Waals surface area contributed by atoms with Crippen LogP contribution in [-0.4, -0.2) is 28.2 Å². The number of esters is 1. The van der Waals surface area contributed by atoms with Gasteiger partial charge in [-0.2, -0.15) is 0 Å². The summed E-state index contributed by atoms with van der Waals surface area (Å²) in [6, 6.07) is 1.28. The molecule has 0 bridgehead atoms. The lowest BCUT2D eigenvalue weighted by atomic mass is 10.1. The summed E-state index contributed by atoms with van der Waals surface area (Å²) < 4.78 is 11.6. The highest BCUT2D eigenvalue weighted by atomic mass is 16.6. The van der Waals surface area contributed by atoms with Gasteiger partial charge in [-0.05, 0) is 19.3 Å². The SMILES string of the molecule is CC(=O)OCC1CCCC(n2c(=O)cc[nH]c2=O)O1. The first-order chi connectivity index (χ1) is 9.08. The van der Waals surface area contributed by atoms with Crippen molar-refractivity contribution in [3.05, 3.63) is 33.1 Å². The molecule has 1 aliphatic rings. The molecule has 0 aromatic carbocycles. The summed E-state index contributed by atoms with van der Waals surface area (Å²) in [4.78, 5) is 36.5. The molecule has 2 heterocycles. The quantitative estimate of drug-likeness (QED) is 0.789. The average molecular weight is 268 g/mol. The molecule has 19 heavy (non-hydrogen) atoms. The summed E-state index contributed by atoms with van der Waals surface area (Å²) in [5.41, 5.74) is -0.896. The monoisotopic (exact) mass is 268 g/mol. The molecule has 2 atom stereocenters. The zero-order chi connectivity index (χ0) is 13.8. The second kappa shape index (κ2) is 5.83. The fraction of sp³-hybridized carbons (Fsp3) is 0.583. The van der Waals surface area contributed by atoms with Crippen LogP contribution in [0.15, 0.2) is 21.9 Å². The Kier molecular flexibility index (Phi) is 4.16. The highest BCUT2D eigenvalue weighted by Crippen LogP contribution is 2.24. The van der Waals surface area contributed by atoms with Crippen molar-refractivity contribution in [3.8, 4) is 0 Å². The van der Waals surface area contributed by atoms with Gasteiger partial charge in [0.25, 0.3) is 5.56 Å². The molecule has 0 amide bonds. The Morgan fingerprint density at radius 2 is 2.32 bits per heavy atom. The molecule has 2 rings (SSSR count). The average Bonchev–Trinajstić information content (AvgIpc) is 2.37. The van der Waals surface area contributed by atoms with Crippen LogP contribution in [0, 0.1) is 0 Å². The van der Waals surface area contributed by atoms with Gasteiger partial charge >= 0.3 is 11.7 Å². The highest BCUT2D eigenvalue weighted by molar-refractivity contribution is 5.65. The first-order valence-electron chi connectivity index (χ1n) is 6.17. The van der Waals surface area contributed by atoms with Crippen LogP contribution in [0.4, 0.5) is 0 Å². The fourth-order valence-electron chi connectivity index (χ4n) is 2.11. The van der Waals surface area contributed by atoms with Crippen LogP contribution >= 0.6 is 0 Å². The van der Waals surface area contributed by atoms with Gasteiger partial charge in [0.05, 0.1) is 6.10 Å². The zero-order valence-corrected chi connectivity index (χ0v) is 10.6. The first kappa shape index (κ1) is 13.5. The van der Waals surface area contributed by atoms with Crippen LogP contribution < -0.4 is 11.2 Å². The maximum absolute atomic E-state index is 11.7. The van der Waals surface area contributed by atoms with E-state index in [-0.39, 0.29) is 18.7 Å². The van der Waals surface area contributed by atoms with Gasteiger partial charge in [0.1, 0.15) is 12.8 Å². The molecule has 1 N–H and O–H groups in total. The summed E-state index contributed by atoms with van der Waals surface area (Å²) in [5, 5.41) is 0.